The van der Waals surface area contributed by atoms with Crippen molar-refractivity contribution in [1.29, 1.82) is 0 Å². The first kappa shape index (κ1) is 21.5. The average Bonchev–Trinajstić information content (AvgIpc) is 2.77. The molecule has 7 heteroatoms. The molecular weight excluding hydrogens is 388 g/mol. The van der Waals surface area contributed by atoms with Crippen LogP contribution in [0.3, 0.4) is 0 Å². The predicted molar refractivity (Wildman–Crippen MR) is 112 cm³/mol. The minimum atomic E-state index is -3.78. The maximum Gasteiger partial charge on any atom is 0.339 e. The van der Waals surface area contributed by atoms with Crippen molar-refractivity contribution in [2.24, 2.45) is 0 Å². The smallest absolute Gasteiger partial charge is 0.339 e. The number of hydrogen-bond acceptors (Lipinski definition) is 5. The Balaban J connectivity index is 1.72. The number of carbonyl (C=O) groups excluding carboxylic acids is 1. The summed E-state index contributed by atoms with van der Waals surface area (Å²) in [6, 6.07) is 16.7. The third-order valence-electron chi connectivity index (χ3n) is 5.49. The quantitative estimate of drug-likeness (QED) is 0.650. The van der Waals surface area contributed by atoms with Crippen LogP contribution in [0, 0.1) is 0 Å². The second-order valence-electron chi connectivity index (χ2n) is 7.36. The van der Waals surface area contributed by atoms with Gasteiger partial charge in [0.2, 0.25) is 10.0 Å². The number of ether oxygens (including phenoxy) is 1. The average molecular weight is 417 g/mol. The van der Waals surface area contributed by atoms with Crippen LogP contribution in [0.25, 0.3) is 0 Å². The Morgan fingerprint density at radius 3 is 2.55 bits per heavy atom. The van der Waals surface area contributed by atoms with E-state index in [4.69, 9.17) is 4.74 Å². The first-order valence-corrected chi connectivity index (χ1v) is 11.3. The van der Waals surface area contributed by atoms with Crippen LogP contribution in [0.15, 0.2) is 59.5 Å². The van der Waals surface area contributed by atoms with Crippen LogP contribution in [0.2, 0.25) is 0 Å². The van der Waals surface area contributed by atoms with Crippen molar-refractivity contribution in [3.8, 4) is 0 Å². The third-order valence-corrected chi connectivity index (χ3v) is 7.41. The second-order valence-corrected chi connectivity index (χ2v) is 9.27. The van der Waals surface area contributed by atoms with Crippen LogP contribution in [0.5, 0.6) is 0 Å². The van der Waals surface area contributed by atoms with Crippen molar-refractivity contribution in [2.45, 2.75) is 30.2 Å². The van der Waals surface area contributed by atoms with E-state index < -0.39 is 16.0 Å². The van der Waals surface area contributed by atoms with Crippen molar-refractivity contribution < 1.29 is 17.9 Å². The fraction of sp³-hybridized carbons (Fsp3) is 0.409. The highest BCUT2D eigenvalue weighted by Crippen LogP contribution is 2.25. The Morgan fingerprint density at radius 2 is 1.83 bits per heavy atom. The zero-order valence-corrected chi connectivity index (χ0v) is 17.8. The number of piperidine rings is 1. The molecule has 0 amide bonds. The third kappa shape index (κ3) is 5.04. The van der Waals surface area contributed by atoms with Gasteiger partial charge in [0.15, 0.2) is 0 Å². The van der Waals surface area contributed by atoms with E-state index in [-0.39, 0.29) is 16.5 Å². The highest BCUT2D eigenvalue weighted by Gasteiger charge is 2.34. The number of nitrogens with zero attached hydrogens (tertiary/aromatic N) is 2. The van der Waals surface area contributed by atoms with E-state index in [1.165, 1.54) is 29.1 Å². The Kier molecular flexibility index (Phi) is 7.05. The second kappa shape index (κ2) is 9.52. The van der Waals surface area contributed by atoms with Crippen LogP contribution in [0.4, 0.5) is 0 Å². The van der Waals surface area contributed by atoms with E-state index in [0.717, 1.165) is 25.8 Å². The molecule has 0 saturated carbocycles. The molecule has 0 N–H and O–H groups in total. The van der Waals surface area contributed by atoms with E-state index in [1.807, 2.05) is 25.2 Å². The van der Waals surface area contributed by atoms with Crippen LogP contribution in [0.1, 0.15) is 28.8 Å². The molecule has 1 heterocycles. The molecule has 0 radical (unpaired) electrons. The number of esters is 1. The van der Waals surface area contributed by atoms with Gasteiger partial charge in [-0.3, -0.25) is 0 Å². The summed E-state index contributed by atoms with van der Waals surface area (Å²) in [4.78, 5) is 14.3. The number of methoxy groups -OCH3 is 1. The van der Waals surface area contributed by atoms with Gasteiger partial charge in [0.25, 0.3) is 0 Å². The minimum absolute atomic E-state index is 0.0134. The molecule has 3 rings (SSSR count). The van der Waals surface area contributed by atoms with Gasteiger partial charge in [-0.15, -0.1) is 0 Å². The van der Waals surface area contributed by atoms with Gasteiger partial charge in [0.1, 0.15) is 0 Å². The van der Waals surface area contributed by atoms with Gasteiger partial charge in [-0.05, 0) is 44.0 Å². The molecule has 2 aromatic rings. The SMILES string of the molecule is COC(=O)c1ccccc1S(=O)(=O)N1CCCC(N(C)CCc2ccccc2)C1. The molecule has 1 saturated heterocycles. The van der Waals surface area contributed by atoms with Crippen molar-refractivity contribution in [3.05, 3.63) is 65.7 Å². The molecule has 1 atom stereocenters. The lowest BCUT2D eigenvalue weighted by molar-refractivity contribution is 0.0596. The molecule has 0 spiro atoms. The maximum atomic E-state index is 13.3. The fourth-order valence-electron chi connectivity index (χ4n) is 3.74. The molecule has 1 unspecified atom stereocenters. The molecule has 1 aliphatic heterocycles. The lowest BCUT2D eigenvalue weighted by Gasteiger charge is -2.37. The van der Waals surface area contributed by atoms with Crippen LogP contribution in [-0.2, 0) is 21.2 Å². The van der Waals surface area contributed by atoms with Gasteiger partial charge in [-0.2, -0.15) is 4.31 Å². The molecule has 1 fully saturated rings. The summed E-state index contributed by atoms with van der Waals surface area (Å²) in [5.74, 6) is -0.641. The largest absolute Gasteiger partial charge is 0.465 e. The molecule has 2 aromatic carbocycles. The van der Waals surface area contributed by atoms with Crippen molar-refractivity contribution in [1.82, 2.24) is 9.21 Å². The molecule has 1 aliphatic rings. The highest BCUT2D eigenvalue weighted by molar-refractivity contribution is 7.89. The highest BCUT2D eigenvalue weighted by atomic mass is 32.2. The number of benzene rings is 2. The van der Waals surface area contributed by atoms with E-state index in [2.05, 4.69) is 17.0 Å². The van der Waals surface area contributed by atoms with E-state index in [0.29, 0.717) is 13.1 Å². The summed E-state index contributed by atoms with van der Waals surface area (Å²) in [5, 5.41) is 0. The summed E-state index contributed by atoms with van der Waals surface area (Å²) in [5.41, 5.74) is 1.35. The van der Waals surface area contributed by atoms with E-state index >= 15 is 0 Å². The molecule has 6 nitrogen and oxygen atoms in total. The molecule has 29 heavy (non-hydrogen) atoms. The van der Waals surface area contributed by atoms with Gasteiger partial charge in [-0.25, -0.2) is 13.2 Å². The number of rotatable bonds is 7. The van der Waals surface area contributed by atoms with Gasteiger partial charge < -0.3 is 9.64 Å². The zero-order valence-electron chi connectivity index (χ0n) is 17.0. The summed E-state index contributed by atoms with van der Waals surface area (Å²) < 4.78 is 32.8. The zero-order chi connectivity index (χ0) is 20.9. The van der Waals surface area contributed by atoms with Crippen molar-refractivity contribution in [3.63, 3.8) is 0 Å². The summed E-state index contributed by atoms with van der Waals surface area (Å²) in [6.45, 7) is 1.74. The van der Waals surface area contributed by atoms with E-state index in [1.54, 1.807) is 12.1 Å². The number of sulfonamides is 1. The molecule has 0 aliphatic carbocycles. The maximum absolute atomic E-state index is 13.3. The van der Waals surface area contributed by atoms with Gasteiger partial charge in [-0.1, -0.05) is 42.5 Å². The molecule has 0 bridgehead atoms. The summed E-state index contributed by atoms with van der Waals surface area (Å²) in [7, 11) is -0.473. The van der Waals surface area contributed by atoms with Crippen LogP contribution in [-0.4, -0.2) is 63.4 Å². The number of carbonyl (C=O) groups is 1. The molecule has 156 valence electrons. The first-order valence-electron chi connectivity index (χ1n) is 9.85. The standard InChI is InChI=1S/C22H28N2O4S/c1-23(16-14-18-9-4-3-5-10-18)19-11-8-15-24(17-19)29(26,27)21-13-7-6-12-20(21)22(25)28-2/h3-7,9-10,12-13,19H,8,11,14-17H2,1-2H3. The van der Waals surface area contributed by atoms with E-state index in [9.17, 15) is 13.2 Å². The first-order chi connectivity index (χ1) is 13.9. The van der Waals surface area contributed by atoms with Crippen LogP contribution < -0.4 is 0 Å². The Labute approximate surface area is 173 Å². The fourth-order valence-corrected chi connectivity index (χ4v) is 5.44. The summed E-state index contributed by atoms with van der Waals surface area (Å²) in [6.07, 6.45) is 2.67. The van der Waals surface area contributed by atoms with Crippen LogP contribution >= 0.6 is 0 Å². The molecular formula is C22H28N2O4S. The summed E-state index contributed by atoms with van der Waals surface area (Å²) >= 11 is 0. The predicted octanol–water partition coefficient (Wildman–Crippen LogP) is 2.80. The molecule has 0 aromatic heterocycles. The topological polar surface area (TPSA) is 66.9 Å². The van der Waals surface area contributed by atoms with Crippen molar-refractivity contribution in [2.75, 3.05) is 33.8 Å². The lowest BCUT2D eigenvalue weighted by atomic mass is 10.1. The van der Waals surface area contributed by atoms with Gasteiger partial charge >= 0.3 is 5.97 Å². The number of hydrogen-bond donors (Lipinski definition) is 0. The Hall–Kier alpha value is -2.22. The Morgan fingerprint density at radius 1 is 1.14 bits per heavy atom. The monoisotopic (exact) mass is 416 g/mol. The Bertz CT molecular complexity index is 931. The normalized spacial score (nSPS) is 18.0. The van der Waals surface area contributed by atoms with Gasteiger partial charge in [0, 0.05) is 25.7 Å². The minimum Gasteiger partial charge on any atom is -0.465 e. The lowest BCUT2D eigenvalue weighted by Crippen LogP contribution is -2.49. The van der Waals surface area contributed by atoms with Crippen molar-refractivity contribution >= 4 is 16.0 Å². The van der Waals surface area contributed by atoms with Gasteiger partial charge in [0.05, 0.1) is 17.6 Å². The number of likely N-dealkylation sites (N-methyl/N-ethyl adjacent to an activating group) is 1.